The van der Waals surface area contributed by atoms with Crippen molar-refractivity contribution in [1.82, 2.24) is 9.88 Å². The highest BCUT2D eigenvalue weighted by atomic mass is 16.1. The topological polar surface area (TPSA) is 33.2 Å². The number of aryl methyl sites for hydroxylation is 1. The van der Waals surface area contributed by atoms with E-state index in [-0.39, 0.29) is 5.92 Å². The lowest BCUT2D eigenvalue weighted by Crippen LogP contribution is -2.35. The van der Waals surface area contributed by atoms with Gasteiger partial charge in [0, 0.05) is 31.4 Å². The van der Waals surface area contributed by atoms with Gasteiger partial charge in [-0.2, -0.15) is 0 Å². The maximum atomic E-state index is 10.8. The maximum Gasteiger partial charge on any atom is 0.124 e. The van der Waals surface area contributed by atoms with E-state index in [1.807, 2.05) is 12.4 Å². The maximum absolute atomic E-state index is 10.8. The summed E-state index contributed by atoms with van der Waals surface area (Å²) < 4.78 is 0. The summed E-state index contributed by atoms with van der Waals surface area (Å²) in [7, 11) is 0. The van der Waals surface area contributed by atoms with Crippen molar-refractivity contribution in [1.29, 1.82) is 0 Å². The Kier molecular flexibility index (Phi) is 3.67. The van der Waals surface area contributed by atoms with Gasteiger partial charge in [0.25, 0.3) is 0 Å². The van der Waals surface area contributed by atoms with Crippen LogP contribution in [0.1, 0.15) is 24.0 Å². The molecule has 86 valence electrons. The lowest BCUT2D eigenvalue weighted by atomic mass is 9.99. The Hall–Kier alpha value is -1.22. The molecule has 0 aromatic carbocycles. The number of piperidine rings is 1. The Balaban J connectivity index is 1.96. The summed E-state index contributed by atoms with van der Waals surface area (Å²) in [6, 6.07) is 2.16. The highest BCUT2D eigenvalue weighted by Crippen LogP contribution is 2.16. The molecule has 0 saturated carbocycles. The monoisotopic (exact) mass is 218 g/mol. The third kappa shape index (κ3) is 2.89. The zero-order valence-electron chi connectivity index (χ0n) is 9.72. The molecule has 2 rings (SSSR count). The predicted octanol–water partition coefficient (Wildman–Crippen LogP) is 1.80. The average molecular weight is 218 g/mol. The van der Waals surface area contributed by atoms with Gasteiger partial charge in [0.2, 0.25) is 0 Å². The molecular weight excluding hydrogens is 200 g/mol. The minimum absolute atomic E-state index is 0.228. The normalized spacial score (nSPS) is 21.9. The van der Waals surface area contributed by atoms with Gasteiger partial charge in [-0.15, -0.1) is 0 Å². The first-order chi connectivity index (χ1) is 7.78. The lowest BCUT2D eigenvalue weighted by molar-refractivity contribution is -0.112. The smallest absolute Gasteiger partial charge is 0.124 e. The van der Waals surface area contributed by atoms with Gasteiger partial charge in [0.15, 0.2) is 0 Å². The molecule has 0 bridgehead atoms. The van der Waals surface area contributed by atoms with Gasteiger partial charge in [-0.1, -0.05) is 6.07 Å². The standard InChI is InChI=1S/C13H18N2O/c1-11-5-13(7-14-6-11)9-15-4-2-3-12(8-15)10-16/h5-7,10,12H,2-4,8-9H2,1H3. The van der Waals surface area contributed by atoms with Gasteiger partial charge in [0.1, 0.15) is 6.29 Å². The highest BCUT2D eigenvalue weighted by Gasteiger charge is 2.19. The summed E-state index contributed by atoms with van der Waals surface area (Å²) in [5.41, 5.74) is 2.44. The van der Waals surface area contributed by atoms with E-state index < -0.39 is 0 Å². The Labute approximate surface area is 96.5 Å². The molecule has 1 atom stereocenters. The number of carbonyl (C=O) groups is 1. The van der Waals surface area contributed by atoms with Gasteiger partial charge in [-0.25, -0.2) is 0 Å². The van der Waals surface area contributed by atoms with Gasteiger partial charge >= 0.3 is 0 Å². The molecule has 2 heterocycles. The zero-order chi connectivity index (χ0) is 11.4. The molecule has 3 heteroatoms. The quantitative estimate of drug-likeness (QED) is 0.725. The summed E-state index contributed by atoms with van der Waals surface area (Å²) in [5, 5.41) is 0. The van der Waals surface area contributed by atoms with Gasteiger partial charge in [0.05, 0.1) is 0 Å². The molecule has 0 amide bonds. The van der Waals surface area contributed by atoms with E-state index in [0.29, 0.717) is 0 Å². The summed E-state index contributed by atoms with van der Waals surface area (Å²) in [5.74, 6) is 0.228. The second-order valence-electron chi connectivity index (χ2n) is 4.64. The van der Waals surface area contributed by atoms with Crippen molar-refractivity contribution in [3.05, 3.63) is 29.6 Å². The molecule has 1 unspecified atom stereocenters. The number of aromatic nitrogens is 1. The van der Waals surface area contributed by atoms with Crippen molar-refractivity contribution in [3.63, 3.8) is 0 Å². The van der Waals surface area contributed by atoms with Crippen molar-refractivity contribution in [2.45, 2.75) is 26.3 Å². The van der Waals surface area contributed by atoms with Crippen molar-refractivity contribution in [3.8, 4) is 0 Å². The fraction of sp³-hybridized carbons (Fsp3) is 0.538. The van der Waals surface area contributed by atoms with Gasteiger partial charge in [-0.3, -0.25) is 9.88 Å². The Morgan fingerprint density at radius 2 is 2.44 bits per heavy atom. The molecule has 0 radical (unpaired) electrons. The molecular formula is C13H18N2O. The van der Waals surface area contributed by atoms with E-state index in [4.69, 9.17) is 0 Å². The number of carbonyl (C=O) groups excluding carboxylic acids is 1. The Bertz CT molecular complexity index is 365. The lowest BCUT2D eigenvalue weighted by Gasteiger charge is -2.29. The fourth-order valence-corrected chi connectivity index (χ4v) is 2.31. The number of hydrogen-bond donors (Lipinski definition) is 0. The number of hydrogen-bond acceptors (Lipinski definition) is 3. The Morgan fingerprint density at radius 1 is 1.56 bits per heavy atom. The predicted molar refractivity (Wildman–Crippen MR) is 63.0 cm³/mol. The fourth-order valence-electron chi connectivity index (χ4n) is 2.31. The minimum atomic E-state index is 0.228. The summed E-state index contributed by atoms with van der Waals surface area (Å²) in [4.78, 5) is 17.3. The molecule has 1 aromatic heterocycles. The molecule has 1 aliphatic rings. The highest BCUT2D eigenvalue weighted by molar-refractivity contribution is 5.53. The van der Waals surface area contributed by atoms with Crippen LogP contribution in [-0.4, -0.2) is 29.3 Å². The Morgan fingerprint density at radius 3 is 3.19 bits per heavy atom. The number of pyridine rings is 1. The van der Waals surface area contributed by atoms with E-state index in [2.05, 4.69) is 22.9 Å². The van der Waals surface area contributed by atoms with Crippen LogP contribution in [-0.2, 0) is 11.3 Å². The van der Waals surface area contributed by atoms with Crippen LogP contribution in [0, 0.1) is 12.8 Å². The van der Waals surface area contributed by atoms with E-state index in [1.165, 1.54) is 11.1 Å². The van der Waals surface area contributed by atoms with E-state index >= 15 is 0 Å². The molecule has 16 heavy (non-hydrogen) atoms. The number of nitrogens with zero attached hydrogens (tertiary/aromatic N) is 2. The first-order valence-corrected chi connectivity index (χ1v) is 5.86. The minimum Gasteiger partial charge on any atom is -0.303 e. The second-order valence-corrected chi connectivity index (χ2v) is 4.64. The van der Waals surface area contributed by atoms with Crippen LogP contribution in [0.4, 0.5) is 0 Å². The molecule has 1 fully saturated rings. The molecule has 3 nitrogen and oxygen atoms in total. The van der Waals surface area contributed by atoms with Crippen molar-refractivity contribution >= 4 is 6.29 Å². The van der Waals surface area contributed by atoms with Crippen molar-refractivity contribution in [2.75, 3.05) is 13.1 Å². The van der Waals surface area contributed by atoms with Gasteiger partial charge < -0.3 is 4.79 Å². The number of likely N-dealkylation sites (tertiary alicyclic amines) is 1. The zero-order valence-corrected chi connectivity index (χ0v) is 9.72. The molecule has 0 N–H and O–H groups in total. The molecule has 1 aromatic rings. The largest absolute Gasteiger partial charge is 0.303 e. The third-order valence-electron chi connectivity index (χ3n) is 3.07. The van der Waals surface area contributed by atoms with Crippen LogP contribution in [0.5, 0.6) is 0 Å². The van der Waals surface area contributed by atoms with Crippen LogP contribution >= 0.6 is 0 Å². The van der Waals surface area contributed by atoms with E-state index in [9.17, 15) is 4.79 Å². The van der Waals surface area contributed by atoms with Crippen LogP contribution in [0.15, 0.2) is 18.5 Å². The average Bonchev–Trinajstić information content (AvgIpc) is 2.29. The third-order valence-corrected chi connectivity index (χ3v) is 3.07. The molecule has 0 aliphatic carbocycles. The number of rotatable bonds is 3. The van der Waals surface area contributed by atoms with Crippen LogP contribution < -0.4 is 0 Å². The van der Waals surface area contributed by atoms with Crippen LogP contribution in [0.3, 0.4) is 0 Å². The first kappa shape index (κ1) is 11.3. The summed E-state index contributed by atoms with van der Waals surface area (Å²) in [6.45, 7) is 4.97. The summed E-state index contributed by atoms with van der Waals surface area (Å²) in [6.07, 6.45) is 7.06. The SMILES string of the molecule is Cc1cncc(CN2CCCC(C=O)C2)c1. The van der Waals surface area contributed by atoms with E-state index in [1.54, 1.807) is 0 Å². The van der Waals surface area contributed by atoms with Crippen molar-refractivity contribution in [2.24, 2.45) is 5.92 Å². The first-order valence-electron chi connectivity index (χ1n) is 5.86. The van der Waals surface area contributed by atoms with E-state index in [0.717, 1.165) is 38.8 Å². The molecule has 1 aliphatic heterocycles. The van der Waals surface area contributed by atoms with Crippen LogP contribution in [0.25, 0.3) is 0 Å². The molecule has 0 spiro atoms. The summed E-state index contributed by atoms with van der Waals surface area (Å²) >= 11 is 0. The number of aldehydes is 1. The van der Waals surface area contributed by atoms with Crippen LogP contribution in [0.2, 0.25) is 0 Å². The second kappa shape index (κ2) is 5.21. The van der Waals surface area contributed by atoms with Crippen molar-refractivity contribution < 1.29 is 4.79 Å². The van der Waals surface area contributed by atoms with Gasteiger partial charge in [-0.05, 0) is 37.4 Å². The molecule has 1 saturated heterocycles.